The standard InChI is InChI=1S/C16H19N2O4PS/c1-3-21-23(19,22-4-2)15(13-9-7-11-20-13)18-16-17-12-8-5-6-10-14(12)24-16/h5-11,15H,3-4H2,1-2H3,(H,17,18)/t15-/m1/s1. The molecule has 1 atom stereocenters. The molecular formula is C16H19N2O4PS. The number of hydrogen-bond acceptors (Lipinski definition) is 7. The number of benzene rings is 1. The van der Waals surface area contributed by atoms with Gasteiger partial charge in [-0.1, -0.05) is 23.5 Å². The summed E-state index contributed by atoms with van der Waals surface area (Å²) in [6.07, 6.45) is 1.53. The van der Waals surface area contributed by atoms with Crippen LogP contribution in [0.15, 0.2) is 47.1 Å². The molecule has 0 aliphatic rings. The molecule has 0 amide bonds. The van der Waals surface area contributed by atoms with Gasteiger partial charge < -0.3 is 18.8 Å². The number of hydrogen-bond donors (Lipinski definition) is 1. The molecule has 0 aliphatic heterocycles. The second-order valence-electron chi connectivity index (χ2n) is 4.92. The third-order valence-electron chi connectivity index (χ3n) is 3.30. The Morgan fingerprint density at radius 2 is 1.96 bits per heavy atom. The number of fused-ring (bicyclic) bond motifs is 1. The Morgan fingerprint density at radius 3 is 2.58 bits per heavy atom. The van der Waals surface area contributed by atoms with Crippen LogP contribution in [0.5, 0.6) is 0 Å². The SMILES string of the molecule is CCOP(=O)(OCC)[C@@H](Nc1nc2ccccc2s1)c1ccco1. The Morgan fingerprint density at radius 1 is 1.21 bits per heavy atom. The second kappa shape index (κ2) is 7.49. The van der Waals surface area contributed by atoms with Crippen LogP contribution in [-0.2, 0) is 13.6 Å². The lowest BCUT2D eigenvalue weighted by Gasteiger charge is -2.25. The molecule has 8 heteroatoms. The summed E-state index contributed by atoms with van der Waals surface area (Å²) in [7, 11) is -3.47. The third kappa shape index (κ3) is 3.54. The summed E-state index contributed by atoms with van der Waals surface area (Å²) in [6.45, 7) is 4.11. The van der Waals surface area contributed by atoms with E-state index in [0.29, 0.717) is 10.9 Å². The highest BCUT2D eigenvalue weighted by molar-refractivity contribution is 7.54. The zero-order chi connectivity index (χ0) is 17.0. The van der Waals surface area contributed by atoms with Crippen molar-refractivity contribution in [3.8, 4) is 0 Å². The highest BCUT2D eigenvalue weighted by Crippen LogP contribution is 2.61. The maximum absolute atomic E-state index is 13.2. The maximum atomic E-state index is 13.2. The summed E-state index contributed by atoms with van der Waals surface area (Å²) in [4.78, 5) is 4.53. The summed E-state index contributed by atoms with van der Waals surface area (Å²) in [6, 6.07) is 11.3. The molecule has 0 fully saturated rings. The van der Waals surface area contributed by atoms with Crippen molar-refractivity contribution in [1.29, 1.82) is 0 Å². The van der Waals surface area contributed by atoms with E-state index < -0.39 is 13.4 Å². The van der Waals surface area contributed by atoms with E-state index in [0.717, 1.165) is 10.2 Å². The van der Waals surface area contributed by atoms with Gasteiger partial charge in [-0.15, -0.1) is 0 Å². The Balaban J connectivity index is 1.97. The molecular weight excluding hydrogens is 347 g/mol. The number of nitrogens with zero attached hydrogens (tertiary/aromatic N) is 1. The first-order valence-electron chi connectivity index (χ1n) is 7.70. The Kier molecular flexibility index (Phi) is 5.36. The fourth-order valence-corrected chi connectivity index (χ4v) is 5.16. The number of aromatic nitrogens is 1. The Labute approximate surface area is 144 Å². The first-order chi connectivity index (χ1) is 11.7. The molecule has 1 N–H and O–H groups in total. The van der Waals surface area contributed by atoms with Gasteiger partial charge >= 0.3 is 7.60 Å². The van der Waals surface area contributed by atoms with E-state index in [1.807, 2.05) is 24.3 Å². The topological polar surface area (TPSA) is 73.6 Å². The van der Waals surface area contributed by atoms with Crippen LogP contribution >= 0.6 is 18.9 Å². The van der Waals surface area contributed by atoms with E-state index in [4.69, 9.17) is 13.5 Å². The van der Waals surface area contributed by atoms with Crippen LogP contribution in [0.3, 0.4) is 0 Å². The average molecular weight is 366 g/mol. The van der Waals surface area contributed by atoms with Crippen LogP contribution in [0.25, 0.3) is 10.2 Å². The lowest BCUT2D eigenvalue weighted by molar-refractivity contribution is 0.211. The molecule has 1 aromatic carbocycles. The van der Waals surface area contributed by atoms with Gasteiger partial charge in [-0.05, 0) is 38.1 Å². The van der Waals surface area contributed by atoms with E-state index in [9.17, 15) is 4.57 Å². The van der Waals surface area contributed by atoms with Crippen LogP contribution in [-0.4, -0.2) is 18.2 Å². The fraction of sp³-hybridized carbons (Fsp3) is 0.312. The van der Waals surface area contributed by atoms with Crippen molar-refractivity contribution in [2.75, 3.05) is 18.5 Å². The minimum atomic E-state index is -3.47. The molecule has 2 heterocycles. The minimum absolute atomic E-state index is 0.274. The molecule has 0 radical (unpaired) electrons. The number of rotatable bonds is 8. The lowest BCUT2D eigenvalue weighted by atomic mass is 10.3. The average Bonchev–Trinajstić information content (AvgIpc) is 3.22. The molecule has 128 valence electrons. The summed E-state index contributed by atoms with van der Waals surface area (Å²) in [5, 5.41) is 3.82. The normalized spacial score (nSPS) is 13.2. The van der Waals surface area contributed by atoms with Crippen molar-refractivity contribution >= 4 is 34.3 Å². The number of para-hydroxylation sites is 1. The Hall–Kier alpha value is -1.66. The molecule has 0 aliphatic carbocycles. The predicted molar refractivity (Wildman–Crippen MR) is 95.6 cm³/mol. The summed E-state index contributed by atoms with van der Waals surface area (Å²) in [5.41, 5.74) is 0.880. The van der Waals surface area contributed by atoms with E-state index in [-0.39, 0.29) is 13.2 Å². The number of furan rings is 1. The first kappa shape index (κ1) is 17.2. The van der Waals surface area contributed by atoms with Crippen LogP contribution in [0.1, 0.15) is 25.4 Å². The van der Waals surface area contributed by atoms with Gasteiger partial charge in [-0.3, -0.25) is 4.57 Å². The van der Waals surface area contributed by atoms with E-state index >= 15 is 0 Å². The smallest absolute Gasteiger partial charge is 0.360 e. The van der Waals surface area contributed by atoms with Gasteiger partial charge in [0.25, 0.3) is 0 Å². The van der Waals surface area contributed by atoms with Gasteiger partial charge in [-0.25, -0.2) is 4.98 Å². The molecule has 3 aromatic rings. The molecule has 0 unspecified atom stereocenters. The number of thiazole rings is 1. The number of anilines is 1. The largest absolute Gasteiger partial charge is 0.466 e. The van der Waals surface area contributed by atoms with Crippen LogP contribution in [0.4, 0.5) is 5.13 Å². The van der Waals surface area contributed by atoms with E-state index in [1.165, 1.54) is 17.6 Å². The van der Waals surface area contributed by atoms with Gasteiger partial charge in [0.15, 0.2) is 10.9 Å². The van der Waals surface area contributed by atoms with Crippen molar-refractivity contribution in [2.45, 2.75) is 19.6 Å². The Bertz CT molecular complexity index is 791. The van der Waals surface area contributed by atoms with Crippen molar-refractivity contribution in [3.63, 3.8) is 0 Å². The van der Waals surface area contributed by atoms with Crippen LogP contribution in [0, 0.1) is 0 Å². The molecule has 24 heavy (non-hydrogen) atoms. The maximum Gasteiger partial charge on any atom is 0.360 e. The summed E-state index contributed by atoms with van der Waals surface area (Å²) >= 11 is 1.48. The van der Waals surface area contributed by atoms with Crippen molar-refractivity contribution in [1.82, 2.24) is 4.98 Å². The quantitative estimate of drug-likeness (QED) is 0.548. The predicted octanol–water partition coefficient (Wildman–Crippen LogP) is 5.27. The first-order valence-corrected chi connectivity index (χ1v) is 10.1. The molecule has 0 saturated carbocycles. The van der Waals surface area contributed by atoms with E-state index in [2.05, 4.69) is 10.3 Å². The second-order valence-corrected chi connectivity index (χ2v) is 8.07. The fourth-order valence-electron chi connectivity index (χ4n) is 2.35. The molecule has 2 aromatic heterocycles. The van der Waals surface area contributed by atoms with Crippen LogP contribution < -0.4 is 5.32 Å². The monoisotopic (exact) mass is 366 g/mol. The highest BCUT2D eigenvalue weighted by atomic mass is 32.1. The minimum Gasteiger partial charge on any atom is -0.466 e. The van der Waals surface area contributed by atoms with Gasteiger partial charge in [0.05, 0.1) is 29.7 Å². The molecule has 0 spiro atoms. The lowest BCUT2D eigenvalue weighted by Crippen LogP contribution is -2.14. The molecule has 6 nitrogen and oxygen atoms in total. The van der Waals surface area contributed by atoms with Crippen molar-refractivity contribution in [2.24, 2.45) is 0 Å². The van der Waals surface area contributed by atoms with Gasteiger partial charge in [0.1, 0.15) is 5.76 Å². The third-order valence-corrected chi connectivity index (χ3v) is 6.52. The van der Waals surface area contributed by atoms with Gasteiger partial charge in [0, 0.05) is 0 Å². The van der Waals surface area contributed by atoms with Crippen molar-refractivity contribution in [3.05, 3.63) is 48.4 Å². The molecule has 0 bridgehead atoms. The summed E-state index contributed by atoms with van der Waals surface area (Å²) < 4.78 is 30.7. The zero-order valence-electron chi connectivity index (χ0n) is 13.5. The summed E-state index contributed by atoms with van der Waals surface area (Å²) in [5.74, 6) is -0.271. The van der Waals surface area contributed by atoms with Gasteiger partial charge in [0.2, 0.25) is 0 Å². The van der Waals surface area contributed by atoms with Crippen molar-refractivity contribution < 1.29 is 18.0 Å². The molecule has 3 rings (SSSR count). The molecule has 0 saturated heterocycles. The van der Waals surface area contributed by atoms with E-state index in [1.54, 1.807) is 26.0 Å². The van der Waals surface area contributed by atoms with Gasteiger partial charge in [-0.2, -0.15) is 0 Å². The zero-order valence-corrected chi connectivity index (χ0v) is 15.2. The van der Waals surface area contributed by atoms with Crippen LogP contribution in [0.2, 0.25) is 0 Å². The highest BCUT2D eigenvalue weighted by Gasteiger charge is 2.39. The number of nitrogens with one attached hydrogen (secondary N) is 1.